The lowest BCUT2D eigenvalue weighted by atomic mass is 10.1. The molecule has 0 saturated heterocycles. The number of hydrogen-bond donors (Lipinski definition) is 0. The average molecular weight is 1890 g/mol. The van der Waals surface area contributed by atoms with Gasteiger partial charge in [0.1, 0.15) is 22.9 Å². The van der Waals surface area contributed by atoms with Crippen molar-refractivity contribution in [2.75, 3.05) is 0 Å². The quantitative estimate of drug-likeness (QED) is 0.0950. The van der Waals surface area contributed by atoms with Crippen molar-refractivity contribution in [3.8, 4) is 120 Å². The van der Waals surface area contributed by atoms with E-state index in [0.717, 1.165) is 173 Å². The lowest BCUT2D eigenvalue weighted by Gasteiger charge is -2.12. The summed E-state index contributed by atoms with van der Waals surface area (Å²) in [6.07, 6.45) is 9.44. The summed E-state index contributed by atoms with van der Waals surface area (Å²) < 4.78 is 19.3. The molecule has 0 fully saturated rings. The highest BCUT2D eigenvalue weighted by atomic mass is 15.4. The Morgan fingerprint density at radius 1 is 0.156 bits per heavy atom. The van der Waals surface area contributed by atoms with Crippen LogP contribution in [0.5, 0.6) is 0 Å². The zero-order chi connectivity index (χ0) is 96.9. The van der Waals surface area contributed by atoms with E-state index >= 15 is 0 Å². The van der Waals surface area contributed by atoms with Gasteiger partial charge in [-0.3, -0.25) is 18.7 Å². The standard InChI is InChI=1S/C43H28N6.2C42H27N7/c1-3-14-29(15-4-1)42-45-43(30-16-5-2-6-17-30)49(46-42)31-26-27-39-35(28-31)34-20-9-12-23-38(34)48(39)41-25-13-24-40(44-41)47-36-21-10-7-18-32(36)33-19-8-11-22-37(33)47;1-3-13-28(14-4-1)39-45-40(29-15-5-2-6-16-29)49(46-39)32-26-36-35-21-12-24-43-41(35)48(42(36)44-27-32)31-18-11-17-30(25-31)47-37-22-9-7-19-33(37)34-20-8-10-23-38(34)47;1-3-12-28(13-4-1)41-45-42(29-14-5-2-6-15-29)49(46-41)40-25-35-34-22-23-43-26-38(34)48(39(35)27-44-40)31-17-11-16-30(24-31)47-36-20-9-7-18-32(36)33-19-8-10-21-37(33)47/h1-28H;2*1-27H. The molecule has 147 heavy (non-hydrogen) atoms. The molecule has 14 heterocycles. The van der Waals surface area contributed by atoms with E-state index in [-0.39, 0.29) is 0 Å². The van der Waals surface area contributed by atoms with Crippen molar-refractivity contribution in [1.29, 1.82) is 0 Å². The normalized spacial score (nSPS) is 11.7. The molecule has 20 nitrogen and oxygen atoms in total. The molecule has 0 spiro atoms. The Bertz CT molecular complexity index is 9250. The van der Waals surface area contributed by atoms with Crippen molar-refractivity contribution in [2.45, 2.75) is 0 Å². The van der Waals surface area contributed by atoms with Gasteiger partial charge in [0.25, 0.3) is 0 Å². The molecule has 30 aromatic rings. The maximum absolute atomic E-state index is 5.33. The molecule has 0 saturated carbocycles. The fraction of sp³-hybridized carbons (Fsp3) is 0. The van der Waals surface area contributed by atoms with Crippen LogP contribution in [0.15, 0.2) is 498 Å². The van der Waals surface area contributed by atoms with Crippen LogP contribution in [-0.2, 0) is 0 Å². The number of nitrogens with zero attached hydrogens (tertiary/aromatic N) is 20. The molecule has 16 aromatic carbocycles. The zero-order valence-electron chi connectivity index (χ0n) is 78.8. The van der Waals surface area contributed by atoms with Crippen LogP contribution >= 0.6 is 0 Å². The maximum atomic E-state index is 5.33. The minimum atomic E-state index is 0.648. The Labute approximate surface area is 840 Å². The third-order valence-corrected chi connectivity index (χ3v) is 27.8. The molecule has 0 atom stereocenters. The first-order valence-corrected chi connectivity index (χ1v) is 48.9. The fourth-order valence-corrected chi connectivity index (χ4v) is 21.2. The number of aromatic nitrogens is 20. The van der Waals surface area contributed by atoms with Crippen molar-refractivity contribution in [1.82, 2.24) is 96.6 Å². The third kappa shape index (κ3) is 14.5. The van der Waals surface area contributed by atoms with Crippen LogP contribution in [-0.4, -0.2) is 96.6 Å². The second-order valence-corrected chi connectivity index (χ2v) is 36.3. The van der Waals surface area contributed by atoms with E-state index in [1.54, 1.807) is 0 Å². The number of fused-ring (bicyclic) bond motifs is 18. The molecular formula is C127H82N20. The Hall–Kier alpha value is -20.5. The van der Waals surface area contributed by atoms with E-state index in [1.807, 2.05) is 197 Å². The van der Waals surface area contributed by atoms with Gasteiger partial charge in [-0.15, -0.1) is 15.3 Å². The second kappa shape index (κ2) is 35.4. The summed E-state index contributed by atoms with van der Waals surface area (Å²) in [5, 5.41) is 28.8. The van der Waals surface area contributed by atoms with Crippen LogP contribution in [0, 0.1) is 0 Å². The number of pyridine rings is 5. The highest BCUT2D eigenvalue weighted by Crippen LogP contribution is 2.43. The molecule has 0 aliphatic carbocycles. The molecule has 0 unspecified atom stereocenters. The molecule has 14 aromatic heterocycles. The summed E-state index contributed by atoms with van der Waals surface area (Å²) in [5.74, 6) is 6.70. The van der Waals surface area contributed by atoms with Crippen molar-refractivity contribution < 1.29 is 0 Å². The van der Waals surface area contributed by atoms with E-state index in [9.17, 15) is 0 Å². The maximum Gasteiger partial charge on any atom is 0.182 e. The highest BCUT2D eigenvalue weighted by Gasteiger charge is 2.27. The summed E-state index contributed by atoms with van der Waals surface area (Å²) in [4.78, 5) is 39.9. The van der Waals surface area contributed by atoms with Crippen molar-refractivity contribution in [2.24, 2.45) is 0 Å². The molecule has 0 bridgehead atoms. The van der Waals surface area contributed by atoms with Crippen LogP contribution < -0.4 is 0 Å². The third-order valence-electron chi connectivity index (χ3n) is 27.8. The van der Waals surface area contributed by atoms with Crippen LogP contribution in [0.2, 0.25) is 0 Å². The van der Waals surface area contributed by atoms with Gasteiger partial charge in [0.15, 0.2) is 40.8 Å². The minimum Gasteiger partial charge on any atom is -0.309 e. The molecule has 30 rings (SSSR count). The van der Waals surface area contributed by atoms with Gasteiger partial charge in [0.2, 0.25) is 0 Å². The molecule has 20 heteroatoms. The number of rotatable bonds is 15. The summed E-state index contributed by atoms with van der Waals surface area (Å²) >= 11 is 0. The van der Waals surface area contributed by atoms with Gasteiger partial charge in [-0.25, -0.2) is 44.3 Å². The largest absolute Gasteiger partial charge is 0.309 e. The van der Waals surface area contributed by atoms with E-state index in [2.05, 4.69) is 348 Å². The Balaban J connectivity index is 0.000000107. The van der Waals surface area contributed by atoms with Crippen molar-refractivity contribution in [3.05, 3.63) is 498 Å². The van der Waals surface area contributed by atoms with E-state index < -0.39 is 0 Å². The predicted octanol–water partition coefficient (Wildman–Crippen LogP) is 29.4. The van der Waals surface area contributed by atoms with Gasteiger partial charge in [-0.05, 0) is 140 Å². The SMILES string of the molecule is c1ccc(-c2nc(-c3ccccc3)n(-c3cc4c5ccncc5n(-c5cccc(-n6c7ccccc7c7ccccc76)c5)c4cn3)n2)cc1.c1ccc(-c2nc(-c3ccccc3)n(-c3ccc4c(c3)c3ccccc3n4-c3cccc(-n4c5ccccc5c5ccccc54)n3)n2)cc1.c1ccc(-c2nc(-c3ccccc3)n(-c3cnc4c(c3)c3cccnc3n4-c3cccc(-n4c5ccccc5c5ccccc54)c3)n2)cc1. The molecule has 0 aliphatic rings. The second-order valence-electron chi connectivity index (χ2n) is 36.3. The van der Waals surface area contributed by atoms with Crippen molar-refractivity contribution in [3.63, 3.8) is 0 Å². The van der Waals surface area contributed by atoms with Gasteiger partial charge in [-0.2, -0.15) is 4.68 Å². The van der Waals surface area contributed by atoms with Gasteiger partial charge in [0, 0.05) is 127 Å². The number of hydrogen-bond acceptors (Lipinski definition) is 11. The van der Waals surface area contributed by atoms with E-state index in [1.165, 1.54) is 54.4 Å². The molecule has 0 amide bonds. The first-order chi connectivity index (χ1) is 72.9. The summed E-state index contributed by atoms with van der Waals surface area (Å²) in [6, 6.07) is 161. The van der Waals surface area contributed by atoms with E-state index in [4.69, 9.17) is 50.2 Å². The Morgan fingerprint density at radius 2 is 0.483 bits per heavy atom. The fourth-order valence-electron chi connectivity index (χ4n) is 21.2. The van der Waals surface area contributed by atoms with Crippen molar-refractivity contribution >= 4 is 131 Å². The van der Waals surface area contributed by atoms with E-state index in [0.29, 0.717) is 23.3 Å². The number of para-hydroxylation sites is 7. The van der Waals surface area contributed by atoms with Crippen LogP contribution in [0.25, 0.3) is 251 Å². The van der Waals surface area contributed by atoms with Gasteiger partial charge in [0.05, 0.1) is 90.8 Å². The molecule has 690 valence electrons. The molecule has 0 aliphatic heterocycles. The lowest BCUT2D eigenvalue weighted by Crippen LogP contribution is -2.03. The Kier molecular flexibility index (Phi) is 20.3. The highest BCUT2D eigenvalue weighted by molar-refractivity contribution is 6.15. The van der Waals surface area contributed by atoms with Gasteiger partial charge < -0.3 is 13.7 Å². The molecule has 0 N–H and O–H groups in total. The zero-order valence-corrected chi connectivity index (χ0v) is 78.8. The Morgan fingerprint density at radius 3 is 0.932 bits per heavy atom. The monoisotopic (exact) mass is 1890 g/mol. The predicted molar refractivity (Wildman–Crippen MR) is 592 cm³/mol. The topological polar surface area (TPSA) is 186 Å². The summed E-state index contributed by atoms with van der Waals surface area (Å²) in [7, 11) is 0. The molecule has 0 radical (unpaired) electrons. The lowest BCUT2D eigenvalue weighted by molar-refractivity contribution is 0.858. The van der Waals surface area contributed by atoms with Gasteiger partial charge in [-0.1, -0.05) is 328 Å². The van der Waals surface area contributed by atoms with Crippen LogP contribution in [0.3, 0.4) is 0 Å². The van der Waals surface area contributed by atoms with Crippen LogP contribution in [0.4, 0.5) is 0 Å². The smallest absolute Gasteiger partial charge is 0.182 e. The van der Waals surface area contributed by atoms with Gasteiger partial charge >= 0.3 is 0 Å². The number of benzene rings is 16. The minimum absolute atomic E-state index is 0.648. The summed E-state index contributed by atoms with van der Waals surface area (Å²) in [6.45, 7) is 0. The average Bonchev–Trinajstić information content (AvgIpc) is 1.63. The van der Waals surface area contributed by atoms with Crippen LogP contribution in [0.1, 0.15) is 0 Å². The first kappa shape index (κ1) is 84.6. The summed E-state index contributed by atoms with van der Waals surface area (Å²) in [5.41, 5.74) is 24.5. The first-order valence-electron chi connectivity index (χ1n) is 48.9. The molecular weight excluding hydrogens is 1810 g/mol.